The summed E-state index contributed by atoms with van der Waals surface area (Å²) in [6, 6.07) is 0.0981. The van der Waals surface area contributed by atoms with Crippen molar-refractivity contribution in [1.82, 2.24) is 14.7 Å². The zero-order chi connectivity index (χ0) is 11.9. The Hall–Kier alpha value is -1.36. The lowest BCUT2D eigenvalue weighted by Crippen LogP contribution is -2.32. The predicted molar refractivity (Wildman–Crippen MR) is 61.0 cm³/mol. The van der Waals surface area contributed by atoms with Crippen molar-refractivity contribution in [3.05, 3.63) is 17.5 Å². The smallest absolute Gasteiger partial charge is 0.257 e. The molecule has 16 heavy (non-hydrogen) atoms. The van der Waals surface area contributed by atoms with Crippen LogP contribution in [0.15, 0.2) is 6.20 Å². The Morgan fingerprint density at radius 2 is 2.25 bits per heavy atom. The lowest BCUT2D eigenvalue weighted by molar-refractivity contribution is 0.0786. The standard InChI is InChI=1S/C11H18N4O/c1-7-4-15(6-10(7)12)11(16)9-5-14(3)13-8(9)2/h5,7,10H,4,6,12H2,1-3H3. The summed E-state index contributed by atoms with van der Waals surface area (Å²) in [7, 11) is 1.82. The van der Waals surface area contributed by atoms with Crippen LogP contribution in [0.2, 0.25) is 0 Å². The summed E-state index contributed by atoms with van der Waals surface area (Å²) in [5.41, 5.74) is 7.38. The SMILES string of the molecule is Cc1nn(C)cc1C(=O)N1CC(C)C(N)C1. The first-order valence-electron chi connectivity index (χ1n) is 5.54. The number of carbonyl (C=O) groups is 1. The first-order chi connectivity index (χ1) is 7.49. The van der Waals surface area contributed by atoms with Crippen molar-refractivity contribution in [2.24, 2.45) is 18.7 Å². The number of hydrogen-bond donors (Lipinski definition) is 1. The minimum atomic E-state index is 0.0467. The Morgan fingerprint density at radius 1 is 1.56 bits per heavy atom. The van der Waals surface area contributed by atoms with E-state index >= 15 is 0 Å². The van der Waals surface area contributed by atoms with E-state index in [-0.39, 0.29) is 11.9 Å². The number of nitrogens with zero attached hydrogens (tertiary/aromatic N) is 3. The van der Waals surface area contributed by atoms with E-state index in [4.69, 9.17) is 5.73 Å². The van der Waals surface area contributed by atoms with Gasteiger partial charge in [-0.2, -0.15) is 5.10 Å². The summed E-state index contributed by atoms with van der Waals surface area (Å²) < 4.78 is 1.67. The fraction of sp³-hybridized carbons (Fsp3) is 0.636. The Labute approximate surface area is 95.2 Å². The summed E-state index contributed by atoms with van der Waals surface area (Å²) in [5.74, 6) is 0.423. The van der Waals surface area contributed by atoms with Crippen molar-refractivity contribution in [1.29, 1.82) is 0 Å². The summed E-state index contributed by atoms with van der Waals surface area (Å²) >= 11 is 0. The van der Waals surface area contributed by atoms with Gasteiger partial charge in [-0.3, -0.25) is 9.48 Å². The fourth-order valence-corrected chi connectivity index (χ4v) is 2.14. The molecular weight excluding hydrogens is 204 g/mol. The van der Waals surface area contributed by atoms with Gasteiger partial charge in [-0.15, -0.1) is 0 Å². The van der Waals surface area contributed by atoms with Crippen LogP contribution < -0.4 is 5.73 Å². The van der Waals surface area contributed by atoms with E-state index in [1.807, 2.05) is 18.9 Å². The van der Waals surface area contributed by atoms with Crippen molar-refractivity contribution in [3.63, 3.8) is 0 Å². The van der Waals surface area contributed by atoms with Crippen LogP contribution >= 0.6 is 0 Å². The molecule has 0 radical (unpaired) electrons. The molecule has 1 fully saturated rings. The monoisotopic (exact) mass is 222 g/mol. The number of amides is 1. The number of likely N-dealkylation sites (tertiary alicyclic amines) is 1. The van der Waals surface area contributed by atoms with Gasteiger partial charge in [0.1, 0.15) is 0 Å². The fourth-order valence-electron chi connectivity index (χ4n) is 2.14. The molecule has 1 saturated heterocycles. The van der Waals surface area contributed by atoms with E-state index in [1.54, 1.807) is 10.9 Å². The van der Waals surface area contributed by atoms with Gasteiger partial charge < -0.3 is 10.6 Å². The Kier molecular flexibility index (Phi) is 2.71. The summed E-state index contributed by atoms with van der Waals surface area (Å²) in [5, 5.41) is 4.18. The van der Waals surface area contributed by atoms with Crippen LogP contribution in [0.25, 0.3) is 0 Å². The highest BCUT2D eigenvalue weighted by atomic mass is 16.2. The molecule has 2 rings (SSSR count). The zero-order valence-electron chi connectivity index (χ0n) is 9.97. The van der Waals surface area contributed by atoms with Crippen LogP contribution in [-0.4, -0.2) is 39.7 Å². The summed E-state index contributed by atoms with van der Waals surface area (Å²) in [6.45, 7) is 5.32. The molecule has 0 spiro atoms. The van der Waals surface area contributed by atoms with Crippen LogP contribution in [0.1, 0.15) is 23.0 Å². The van der Waals surface area contributed by atoms with Gasteiger partial charge in [0.2, 0.25) is 0 Å². The third-order valence-corrected chi connectivity index (χ3v) is 3.20. The Morgan fingerprint density at radius 3 is 2.69 bits per heavy atom. The van der Waals surface area contributed by atoms with Gasteiger partial charge >= 0.3 is 0 Å². The first-order valence-corrected chi connectivity index (χ1v) is 5.54. The van der Waals surface area contributed by atoms with E-state index in [1.165, 1.54) is 0 Å². The van der Waals surface area contributed by atoms with Gasteiger partial charge in [-0.05, 0) is 12.8 Å². The van der Waals surface area contributed by atoms with Gasteiger partial charge in [0.05, 0.1) is 11.3 Å². The minimum absolute atomic E-state index is 0.0467. The quantitative estimate of drug-likeness (QED) is 0.735. The highest BCUT2D eigenvalue weighted by Gasteiger charge is 2.31. The second-order valence-corrected chi connectivity index (χ2v) is 4.65. The van der Waals surface area contributed by atoms with Gasteiger partial charge in [0.25, 0.3) is 5.91 Å². The van der Waals surface area contributed by atoms with E-state index in [0.717, 1.165) is 12.2 Å². The Balaban J connectivity index is 2.17. The molecule has 1 aromatic heterocycles. The van der Waals surface area contributed by atoms with Gasteiger partial charge in [0, 0.05) is 32.4 Å². The molecule has 1 aromatic rings. The molecule has 0 saturated carbocycles. The van der Waals surface area contributed by atoms with Crippen molar-refractivity contribution >= 4 is 5.91 Å². The molecule has 1 aliphatic rings. The van der Waals surface area contributed by atoms with Gasteiger partial charge in [-0.25, -0.2) is 0 Å². The maximum Gasteiger partial charge on any atom is 0.257 e. The lowest BCUT2D eigenvalue weighted by atomic mass is 10.1. The number of aromatic nitrogens is 2. The van der Waals surface area contributed by atoms with E-state index in [2.05, 4.69) is 12.0 Å². The van der Waals surface area contributed by atoms with Crippen molar-refractivity contribution in [2.45, 2.75) is 19.9 Å². The number of nitrogens with two attached hydrogens (primary N) is 1. The molecule has 2 unspecified atom stereocenters. The minimum Gasteiger partial charge on any atom is -0.337 e. The largest absolute Gasteiger partial charge is 0.337 e. The van der Waals surface area contributed by atoms with Crippen LogP contribution in [0.3, 0.4) is 0 Å². The molecule has 2 heterocycles. The van der Waals surface area contributed by atoms with Crippen molar-refractivity contribution in [2.75, 3.05) is 13.1 Å². The molecule has 0 aliphatic carbocycles. The van der Waals surface area contributed by atoms with Crippen molar-refractivity contribution < 1.29 is 4.79 Å². The summed E-state index contributed by atoms with van der Waals surface area (Å²) in [4.78, 5) is 14.0. The molecule has 88 valence electrons. The second-order valence-electron chi connectivity index (χ2n) is 4.65. The Bertz CT molecular complexity index is 402. The predicted octanol–water partition coefficient (Wildman–Crippen LogP) is 0.148. The van der Waals surface area contributed by atoms with E-state index in [9.17, 15) is 4.79 Å². The van der Waals surface area contributed by atoms with Crippen LogP contribution in [0.5, 0.6) is 0 Å². The van der Waals surface area contributed by atoms with E-state index in [0.29, 0.717) is 18.0 Å². The highest BCUT2D eigenvalue weighted by molar-refractivity contribution is 5.95. The molecule has 0 bridgehead atoms. The third kappa shape index (κ3) is 1.82. The normalized spacial score (nSPS) is 25.1. The molecule has 1 aliphatic heterocycles. The second kappa shape index (κ2) is 3.90. The maximum atomic E-state index is 12.2. The molecule has 5 heteroatoms. The zero-order valence-corrected chi connectivity index (χ0v) is 9.97. The highest BCUT2D eigenvalue weighted by Crippen LogP contribution is 2.18. The third-order valence-electron chi connectivity index (χ3n) is 3.20. The van der Waals surface area contributed by atoms with Crippen LogP contribution in [0, 0.1) is 12.8 Å². The average molecular weight is 222 g/mol. The topological polar surface area (TPSA) is 64.2 Å². The van der Waals surface area contributed by atoms with Crippen LogP contribution in [-0.2, 0) is 7.05 Å². The lowest BCUT2D eigenvalue weighted by Gasteiger charge is -2.14. The number of rotatable bonds is 1. The first kappa shape index (κ1) is 11.1. The maximum absolute atomic E-state index is 12.2. The molecule has 2 N–H and O–H groups in total. The van der Waals surface area contributed by atoms with E-state index < -0.39 is 0 Å². The summed E-state index contributed by atoms with van der Waals surface area (Å²) in [6.07, 6.45) is 1.77. The molecular formula is C11H18N4O. The molecule has 2 atom stereocenters. The molecule has 1 amide bonds. The average Bonchev–Trinajstić information content (AvgIpc) is 2.70. The molecule has 5 nitrogen and oxygen atoms in total. The van der Waals surface area contributed by atoms with Gasteiger partial charge in [-0.1, -0.05) is 6.92 Å². The number of carbonyl (C=O) groups excluding carboxylic acids is 1. The van der Waals surface area contributed by atoms with Gasteiger partial charge in [0.15, 0.2) is 0 Å². The van der Waals surface area contributed by atoms with Crippen LogP contribution in [0.4, 0.5) is 0 Å². The number of aryl methyl sites for hydroxylation is 2. The van der Waals surface area contributed by atoms with Crippen molar-refractivity contribution in [3.8, 4) is 0 Å². The molecule has 0 aromatic carbocycles. The number of hydrogen-bond acceptors (Lipinski definition) is 3.